The standard InChI is InChI=1S/C21H37NO7Si4.C12H35NO3Si4/c1-30(2,3)27-32(7,8)29-33(9,28-31(4,5)6)14-10-13-22-19(23)17-12-11-16(21(25)26)15-18(17)20(22)24;1-17(2,3)14-19(7,8)16-20(9,12-10-11-13)15-18(4,5)6/h11-12,15H,10,13-14H2,1-9H3,(H,25,26);10-13H2,1-9H3. The lowest BCUT2D eigenvalue weighted by atomic mass is 10.1. The molecule has 0 bridgehead atoms. The maximum Gasteiger partial charge on any atom is 0.335 e. The van der Waals surface area contributed by atoms with Gasteiger partial charge >= 0.3 is 40.2 Å². The van der Waals surface area contributed by atoms with Crippen LogP contribution in [-0.2, 0) is 24.7 Å². The first-order valence-corrected chi connectivity index (χ1v) is 43.0. The first-order valence-electron chi connectivity index (χ1n) is 18.7. The van der Waals surface area contributed by atoms with Crippen LogP contribution in [0.25, 0.3) is 0 Å². The van der Waals surface area contributed by atoms with Gasteiger partial charge in [-0.15, -0.1) is 0 Å². The summed E-state index contributed by atoms with van der Waals surface area (Å²) in [6.07, 6.45) is 1.51. The number of carboxylic acids is 1. The maximum absolute atomic E-state index is 12.8. The first kappa shape index (κ1) is 50.3. The lowest BCUT2D eigenvalue weighted by Crippen LogP contribution is -2.57. The number of hydrogen-bond acceptors (Lipinski definition) is 10. The summed E-state index contributed by atoms with van der Waals surface area (Å²) >= 11 is 0. The number of rotatable bonds is 20. The molecule has 0 fully saturated rings. The predicted octanol–water partition coefficient (Wildman–Crippen LogP) is 8.69. The summed E-state index contributed by atoms with van der Waals surface area (Å²) in [6, 6.07) is 5.61. The van der Waals surface area contributed by atoms with Crippen LogP contribution in [0.3, 0.4) is 0 Å². The Hall–Kier alpha value is -0.715. The maximum atomic E-state index is 12.8. The topological polar surface area (TPSA) is 156 Å². The summed E-state index contributed by atoms with van der Waals surface area (Å²) in [5.74, 6) is -1.98. The largest absolute Gasteiger partial charge is 0.478 e. The summed E-state index contributed by atoms with van der Waals surface area (Å²) in [5.41, 5.74) is 6.06. The van der Waals surface area contributed by atoms with Gasteiger partial charge in [-0.2, -0.15) is 0 Å². The average molecular weight is 882 g/mol. The Kier molecular flexibility index (Phi) is 17.7. The van der Waals surface area contributed by atoms with E-state index in [0.29, 0.717) is 19.0 Å². The normalized spacial score (nSPS) is 16.8. The molecule has 1 aromatic carbocycles. The SMILES string of the molecule is C[Si](C)(C)O[Si](C)(C)O[Si](C)(CCCN)O[Si](C)(C)C.C[Si](C)(C)O[Si](C)(C)O[Si](C)(CCCN1C(=O)c2ccc(C(=O)O)cc2C1=O)O[Si](C)(C)C. The fourth-order valence-corrected chi connectivity index (χ4v) is 42.6. The minimum atomic E-state index is -2.65. The van der Waals surface area contributed by atoms with Crippen LogP contribution < -0.4 is 5.73 Å². The van der Waals surface area contributed by atoms with Gasteiger partial charge in [0.2, 0.25) is 0 Å². The van der Waals surface area contributed by atoms with Crippen molar-refractivity contribution in [3.63, 3.8) is 0 Å². The molecule has 1 heterocycles. The zero-order valence-corrected chi connectivity index (χ0v) is 44.1. The molecule has 2 rings (SSSR count). The van der Waals surface area contributed by atoms with E-state index in [1.54, 1.807) is 0 Å². The fourth-order valence-electron chi connectivity index (χ4n) is 6.71. The Labute approximate surface area is 329 Å². The summed E-state index contributed by atoms with van der Waals surface area (Å²) in [5, 5.41) is 9.19. The number of imide groups is 1. The van der Waals surface area contributed by atoms with E-state index in [0.717, 1.165) is 12.5 Å². The van der Waals surface area contributed by atoms with Crippen LogP contribution >= 0.6 is 0 Å². The van der Waals surface area contributed by atoms with Crippen LogP contribution in [0, 0.1) is 0 Å². The van der Waals surface area contributed by atoms with E-state index < -0.39 is 79.4 Å². The molecule has 53 heavy (non-hydrogen) atoms. The summed E-state index contributed by atoms with van der Waals surface area (Å²) in [6.45, 7) is 39.6. The van der Waals surface area contributed by atoms with Crippen LogP contribution in [0.15, 0.2) is 18.2 Å². The van der Waals surface area contributed by atoms with Crippen LogP contribution in [0.4, 0.5) is 0 Å². The van der Waals surface area contributed by atoms with E-state index in [2.05, 4.69) is 105 Å². The fraction of sp³-hybridized carbons (Fsp3) is 0.727. The third-order valence-corrected chi connectivity index (χ3v) is 34.2. The molecular weight excluding hydrogens is 809 g/mol. The number of amides is 2. The summed E-state index contributed by atoms with van der Waals surface area (Å²) in [4.78, 5) is 38.0. The van der Waals surface area contributed by atoms with Crippen LogP contribution in [-0.4, -0.2) is 108 Å². The molecule has 306 valence electrons. The molecule has 1 aromatic rings. The van der Waals surface area contributed by atoms with E-state index >= 15 is 0 Å². The number of carboxylic acid groups (broad SMARTS) is 1. The zero-order chi connectivity index (χ0) is 41.6. The van der Waals surface area contributed by atoms with Gasteiger partial charge in [0.15, 0.2) is 33.3 Å². The summed E-state index contributed by atoms with van der Waals surface area (Å²) < 4.78 is 38.9. The van der Waals surface area contributed by atoms with Crippen molar-refractivity contribution in [2.24, 2.45) is 5.73 Å². The number of carbonyl (C=O) groups excluding carboxylic acids is 2. The highest BCUT2D eigenvalue weighted by molar-refractivity contribution is 6.90. The third kappa shape index (κ3) is 19.3. The molecule has 1 aliphatic rings. The quantitative estimate of drug-likeness (QED) is 0.0955. The van der Waals surface area contributed by atoms with Crippen LogP contribution in [0.2, 0.25) is 130 Å². The molecule has 12 nitrogen and oxygen atoms in total. The molecule has 3 N–H and O–H groups in total. The smallest absolute Gasteiger partial charge is 0.335 e. The molecule has 2 amide bonds. The monoisotopic (exact) mass is 880 g/mol. The van der Waals surface area contributed by atoms with Crippen molar-refractivity contribution in [3.8, 4) is 0 Å². The molecule has 0 aliphatic carbocycles. The molecule has 1 aliphatic heterocycles. The lowest BCUT2D eigenvalue weighted by Gasteiger charge is -2.41. The number of hydrogen-bond donors (Lipinski definition) is 2. The minimum absolute atomic E-state index is 0.0109. The van der Waals surface area contributed by atoms with Crippen molar-refractivity contribution in [1.29, 1.82) is 0 Å². The molecule has 0 saturated carbocycles. The highest BCUT2D eigenvalue weighted by Crippen LogP contribution is 2.30. The molecule has 0 spiro atoms. The molecule has 2 atom stereocenters. The van der Waals surface area contributed by atoms with Gasteiger partial charge in [0, 0.05) is 6.54 Å². The number of aromatic carboxylic acids is 1. The highest BCUT2D eigenvalue weighted by atomic mass is 28.5. The Morgan fingerprint density at radius 3 is 1.32 bits per heavy atom. The Morgan fingerprint density at radius 2 is 0.962 bits per heavy atom. The zero-order valence-electron chi connectivity index (χ0n) is 36.1. The van der Waals surface area contributed by atoms with E-state index in [4.69, 9.17) is 30.4 Å². The Balaban J connectivity index is 0.000000603. The Bertz CT molecular complexity index is 1420. The van der Waals surface area contributed by atoms with Gasteiger partial charge in [0.25, 0.3) is 11.8 Å². The number of carbonyl (C=O) groups is 3. The lowest BCUT2D eigenvalue weighted by molar-refractivity contribution is 0.0651. The van der Waals surface area contributed by atoms with Gasteiger partial charge in [0.05, 0.1) is 16.7 Å². The first-order chi connectivity index (χ1) is 23.5. The second kappa shape index (κ2) is 18.7. The number of nitrogens with two attached hydrogens (primary N) is 1. The molecule has 0 aromatic heterocycles. The second-order valence-electron chi connectivity index (χ2n) is 19.0. The van der Waals surface area contributed by atoms with E-state index in [-0.39, 0.29) is 29.1 Å². The second-order valence-corrected chi connectivity index (χ2v) is 51.9. The average Bonchev–Trinajstić information content (AvgIpc) is 3.10. The molecule has 20 heteroatoms. The van der Waals surface area contributed by atoms with Gasteiger partial charge in [-0.05, 0) is 168 Å². The van der Waals surface area contributed by atoms with E-state index in [1.165, 1.54) is 23.1 Å². The Morgan fingerprint density at radius 1 is 0.585 bits per heavy atom. The molecule has 2 unspecified atom stereocenters. The van der Waals surface area contributed by atoms with Gasteiger partial charge in [-0.3, -0.25) is 14.5 Å². The van der Waals surface area contributed by atoms with Crippen molar-refractivity contribution < 1.29 is 44.2 Å². The predicted molar refractivity (Wildman–Crippen MR) is 235 cm³/mol. The van der Waals surface area contributed by atoms with E-state index in [1.807, 2.05) is 13.1 Å². The van der Waals surface area contributed by atoms with Crippen LogP contribution in [0.5, 0.6) is 0 Å². The van der Waals surface area contributed by atoms with Crippen molar-refractivity contribution in [2.45, 2.75) is 143 Å². The van der Waals surface area contributed by atoms with Gasteiger partial charge in [-0.1, -0.05) is 0 Å². The number of nitrogens with zero attached hydrogens (tertiary/aromatic N) is 1. The van der Waals surface area contributed by atoms with Gasteiger partial charge < -0.3 is 35.5 Å². The van der Waals surface area contributed by atoms with Crippen molar-refractivity contribution in [3.05, 3.63) is 34.9 Å². The van der Waals surface area contributed by atoms with Crippen molar-refractivity contribution >= 4 is 85.3 Å². The van der Waals surface area contributed by atoms with Crippen LogP contribution in [0.1, 0.15) is 43.9 Å². The van der Waals surface area contributed by atoms with Gasteiger partial charge in [0.1, 0.15) is 0 Å². The highest BCUT2D eigenvalue weighted by Gasteiger charge is 2.46. The van der Waals surface area contributed by atoms with Gasteiger partial charge in [-0.25, -0.2) is 4.79 Å². The number of fused-ring (bicyclic) bond motifs is 1. The van der Waals surface area contributed by atoms with Crippen molar-refractivity contribution in [2.75, 3.05) is 13.1 Å². The minimum Gasteiger partial charge on any atom is -0.478 e. The molecular formula is C33H72N2O10Si8. The van der Waals surface area contributed by atoms with Crippen molar-refractivity contribution in [1.82, 2.24) is 4.90 Å². The molecule has 0 saturated heterocycles. The number of benzene rings is 1. The van der Waals surface area contributed by atoms with E-state index in [9.17, 15) is 19.5 Å². The molecule has 0 radical (unpaired) electrons. The summed E-state index contributed by atoms with van der Waals surface area (Å²) in [7, 11) is -16.4. The third-order valence-electron chi connectivity index (χ3n) is 7.14.